The van der Waals surface area contributed by atoms with Crippen molar-refractivity contribution in [3.8, 4) is 11.5 Å². The zero-order chi connectivity index (χ0) is 15.4. The number of aliphatic hydroxyl groups is 1. The molecule has 1 saturated heterocycles. The molecule has 0 aliphatic carbocycles. The molecule has 1 fully saturated rings. The van der Waals surface area contributed by atoms with Crippen molar-refractivity contribution in [3.05, 3.63) is 23.3 Å². The number of aliphatic hydroxyl groups excluding tert-OH is 1. The number of benzene rings is 1. The highest BCUT2D eigenvalue weighted by molar-refractivity contribution is 5.72. The van der Waals surface area contributed by atoms with Crippen LogP contribution in [0.15, 0.2) is 12.1 Å². The highest BCUT2D eigenvalue weighted by Crippen LogP contribution is 2.48. The lowest BCUT2D eigenvalue weighted by molar-refractivity contribution is 0.0451. The fourth-order valence-electron chi connectivity index (χ4n) is 3.61. The molecule has 0 radical (unpaired) electrons. The lowest BCUT2D eigenvalue weighted by Gasteiger charge is -2.40. The van der Waals surface area contributed by atoms with Gasteiger partial charge in [-0.25, -0.2) is 4.79 Å². The summed E-state index contributed by atoms with van der Waals surface area (Å²) in [6, 6.07) is 3.31. The van der Waals surface area contributed by atoms with Crippen LogP contribution in [0.3, 0.4) is 0 Å². The molecule has 118 valence electrons. The van der Waals surface area contributed by atoms with Crippen LogP contribution in [0, 0.1) is 5.92 Å². The fourth-order valence-corrected chi connectivity index (χ4v) is 3.61. The Morgan fingerprint density at radius 1 is 1.23 bits per heavy atom. The van der Waals surface area contributed by atoms with Gasteiger partial charge in [-0.3, -0.25) is 4.90 Å². The molecule has 6 nitrogen and oxygen atoms in total. The molecule has 1 aromatic rings. The Balaban J connectivity index is 1.85. The summed E-state index contributed by atoms with van der Waals surface area (Å²) in [7, 11) is 0. The smallest absolute Gasteiger partial charge is 0.410 e. The van der Waals surface area contributed by atoms with Crippen molar-refractivity contribution in [1.82, 2.24) is 4.90 Å². The second kappa shape index (κ2) is 4.78. The van der Waals surface area contributed by atoms with Gasteiger partial charge in [-0.05, 0) is 35.6 Å². The van der Waals surface area contributed by atoms with Gasteiger partial charge in [0.25, 0.3) is 0 Å². The molecule has 4 rings (SSSR count). The SMILES string of the molecule is CC(C)C[C@@H]1c2cc3c(cc2[C@@H](O)[C@H]2COC(=O)N12)OCO3. The van der Waals surface area contributed by atoms with Crippen molar-refractivity contribution in [2.45, 2.75) is 38.5 Å². The lowest BCUT2D eigenvalue weighted by Crippen LogP contribution is -2.45. The van der Waals surface area contributed by atoms with Crippen molar-refractivity contribution < 1.29 is 24.1 Å². The molecule has 0 spiro atoms. The van der Waals surface area contributed by atoms with Gasteiger partial charge < -0.3 is 19.3 Å². The molecule has 3 atom stereocenters. The van der Waals surface area contributed by atoms with Crippen LogP contribution in [0.25, 0.3) is 0 Å². The van der Waals surface area contributed by atoms with Crippen LogP contribution < -0.4 is 9.47 Å². The third-order valence-electron chi connectivity index (χ3n) is 4.60. The molecule has 3 aliphatic heterocycles. The second-order valence-electron chi connectivity index (χ2n) is 6.48. The lowest BCUT2D eigenvalue weighted by atomic mass is 9.83. The second-order valence-corrected chi connectivity index (χ2v) is 6.48. The van der Waals surface area contributed by atoms with Crippen LogP contribution in [-0.4, -0.2) is 35.5 Å². The standard InChI is InChI=1S/C16H19NO5/c1-8(2)3-11-9-4-13-14(22-7-21-13)5-10(9)15(18)12-6-20-16(19)17(11)12/h4-5,8,11-12,15,18H,3,6-7H2,1-2H3/t11-,12-,15-/m1/s1. The summed E-state index contributed by atoms with van der Waals surface area (Å²) in [5.74, 6) is 1.73. The van der Waals surface area contributed by atoms with Gasteiger partial charge in [0.2, 0.25) is 6.79 Å². The first kappa shape index (κ1) is 13.7. The molecule has 0 saturated carbocycles. The van der Waals surface area contributed by atoms with E-state index in [9.17, 15) is 9.90 Å². The molecule has 0 unspecified atom stereocenters. The summed E-state index contributed by atoms with van der Waals surface area (Å²) in [6.45, 7) is 4.66. The molecular formula is C16H19NO5. The highest BCUT2D eigenvalue weighted by atomic mass is 16.7. The van der Waals surface area contributed by atoms with E-state index >= 15 is 0 Å². The van der Waals surface area contributed by atoms with Crippen LogP contribution in [0.4, 0.5) is 4.79 Å². The molecule has 0 bridgehead atoms. The number of ether oxygens (including phenoxy) is 3. The number of rotatable bonds is 2. The maximum absolute atomic E-state index is 12.1. The number of hydrogen-bond acceptors (Lipinski definition) is 5. The van der Waals surface area contributed by atoms with E-state index in [4.69, 9.17) is 14.2 Å². The van der Waals surface area contributed by atoms with Gasteiger partial charge in [-0.15, -0.1) is 0 Å². The number of nitrogens with zero attached hydrogens (tertiary/aromatic N) is 1. The number of amides is 1. The van der Waals surface area contributed by atoms with E-state index < -0.39 is 6.10 Å². The van der Waals surface area contributed by atoms with E-state index in [0.717, 1.165) is 17.5 Å². The third-order valence-corrected chi connectivity index (χ3v) is 4.60. The Morgan fingerprint density at radius 2 is 1.91 bits per heavy atom. The van der Waals surface area contributed by atoms with Crippen LogP contribution >= 0.6 is 0 Å². The highest BCUT2D eigenvalue weighted by Gasteiger charge is 2.48. The minimum Gasteiger partial charge on any atom is -0.454 e. The predicted octanol–water partition coefficient (Wildman–Crippen LogP) is 2.37. The van der Waals surface area contributed by atoms with Gasteiger partial charge in [-0.1, -0.05) is 13.8 Å². The largest absolute Gasteiger partial charge is 0.454 e. The summed E-state index contributed by atoms with van der Waals surface area (Å²) in [5.41, 5.74) is 1.75. The average molecular weight is 305 g/mol. The third kappa shape index (κ3) is 1.86. The number of carbonyl (C=O) groups is 1. The van der Waals surface area contributed by atoms with Gasteiger partial charge in [0, 0.05) is 0 Å². The quantitative estimate of drug-likeness (QED) is 0.908. The monoisotopic (exact) mass is 305 g/mol. The van der Waals surface area contributed by atoms with E-state index in [-0.39, 0.29) is 31.6 Å². The van der Waals surface area contributed by atoms with Crippen molar-refractivity contribution in [1.29, 1.82) is 0 Å². The van der Waals surface area contributed by atoms with Crippen LogP contribution in [0.2, 0.25) is 0 Å². The Labute approximate surface area is 128 Å². The number of hydrogen-bond donors (Lipinski definition) is 1. The van der Waals surface area contributed by atoms with Crippen LogP contribution in [0.5, 0.6) is 11.5 Å². The van der Waals surface area contributed by atoms with Gasteiger partial charge in [0.1, 0.15) is 12.7 Å². The molecule has 3 heterocycles. The van der Waals surface area contributed by atoms with Gasteiger partial charge in [-0.2, -0.15) is 0 Å². The van der Waals surface area contributed by atoms with E-state index in [1.807, 2.05) is 12.1 Å². The minimum absolute atomic E-state index is 0.104. The van der Waals surface area contributed by atoms with Crippen molar-refractivity contribution in [2.24, 2.45) is 5.92 Å². The molecule has 22 heavy (non-hydrogen) atoms. The molecular weight excluding hydrogens is 286 g/mol. The van der Waals surface area contributed by atoms with Crippen molar-refractivity contribution >= 4 is 6.09 Å². The Morgan fingerprint density at radius 3 is 2.59 bits per heavy atom. The fraction of sp³-hybridized carbons (Fsp3) is 0.562. The average Bonchev–Trinajstić information content (AvgIpc) is 3.08. The van der Waals surface area contributed by atoms with Crippen molar-refractivity contribution in [2.75, 3.05) is 13.4 Å². The molecule has 0 aromatic heterocycles. The zero-order valence-electron chi connectivity index (χ0n) is 12.6. The van der Waals surface area contributed by atoms with Crippen molar-refractivity contribution in [3.63, 3.8) is 0 Å². The zero-order valence-corrected chi connectivity index (χ0v) is 12.6. The van der Waals surface area contributed by atoms with E-state index in [0.29, 0.717) is 17.4 Å². The molecule has 1 N–H and O–H groups in total. The summed E-state index contributed by atoms with van der Waals surface area (Å²) in [4.78, 5) is 13.8. The topological polar surface area (TPSA) is 68.2 Å². The van der Waals surface area contributed by atoms with E-state index in [1.54, 1.807) is 4.90 Å². The first-order valence-electron chi connectivity index (χ1n) is 7.63. The van der Waals surface area contributed by atoms with Crippen LogP contribution in [-0.2, 0) is 4.74 Å². The number of fused-ring (bicyclic) bond motifs is 3. The number of cyclic esters (lactones) is 1. The Kier molecular flexibility index (Phi) is 2.97. The molecule has 1 amide bonds. The number of carbonyl (C=O) groups excluding carboxylic acids is 1. The maximum Gasteiger partial charge on any atom is 0.410 e. The Bertz CT molecular complexity index is 629. The molecule has 1 aromatic carbocycles. The van der Waals surface area contributed by atoms with Gasteiger partial charge in [0.05, 0.1) is 12.1 Å². The normalized spacial score (nSPS) is 28.6. The van der Waals surface area contributed by atoms with E-state index in [2.05, 4.69) is 13.8 Å². The Hall–Kier alpha value is -1.95. The van der Waals surface area contributed by atoms with E-state index in [1.165, 1.54) is 0 Å². The summed E-state index contributed by atoms with van der Waals surface area (Å²) in [5, 5.41) is 10.7. The first-order chi connectivity index (χ1) is 10.6. The molecule has 3 aliphatic rings. The molecule has 6 heteroatoms. The van der Waals surface area contributed by atoms with Crippen LogP contribution in [0.1, 0.15) is 43.5 Å². The van der Waals surface area contributed by atoms with Gasteiger partial charge >= 0.3 is 6.09 Å². The minimum atomic E-state index is -0.764. The predicted molar refractivity (Wildman–Crippen MR) is 76.7 cm³/mol. The maximum atomic E-state index is 12.1. The first-order valence-corrected chi connectivity index (χ1v) is 7.63. The summed E-state index contributed by atoms with van der Waals surface area (Å²) in [6.07, 6.45) is -0.303. The van der Waals surface area contributed by atoms with Gasteiger partial charge in [0.15, 0.2) is 11.5 Å². The summed E-state index contributed by atoms with van der Waals surface area (Å²) >= 11 is 0. The summed E-state index contributed by atoms with van der Waals surface area (Å²) < 4.78 is 16.0.